The summed E-state index contributed by atoms with van der Waals surface area (Å²) in [4.78, 5) is 27.1. The smallest absolute Gasteiger partial charge is 0.338 e. The van der Waals surface area contributed by atoms with Crippen LogP contribution in [0.3, 0.4) is 0 Å². The van der Waals surface area contributed by atoms with Gasteiger partial charge in [-0.3, -0.25) is 9.69 Å². The van der Waals surface area contributed by atoms with E-state index in [-0.39, 0.29) is 24.8 Å². The minimum atomic E-state index is -0.648. The summed E-state index contributed by atoms with van der Waals surface area (Å²) in [6, 6.07) is 29.2. The van der Waals surface area contributed by atoms with Crippen LogP contribution >= 0.6 is 23.2 Å². The lowest BCUT2D eigenvalue weighted by atomic mass is 10.1. The van der Waals surface area contributed by atoms with Crippen LogP contribution in [0.25, 0.3) is 0 Å². The SMILES string of the molecule is CCOC(=O)c1ccc(N2N=C(C(C)=O)N(c3ccccc3)[C@H]2c2cc(Cl)ccc2OCc2ccccc2Cl)cc1. The number of esters is 1. The second kappa shape index (κ2) is 12.5. The maximum Gasteiger partial charge on any atom is 0.338 e. The molecule has 208 valence electrons. The average Bonchev–Trinajstić information content (AvgIpc) is 3.39. The Morgan fingerprint density at radius 2 is 1.59 bits per heavy atom. The molecule has 0 amide bonds. The number of amidine groups is 1. The van der Waals surface area contributed by atoms with Gasteiger partial charge in [0.25, 0.3) is 0 Å². The summed E-state index contributed by atoms with van der Waals surface area (Å²) in [6.45, 7) is 3.74. The second-order valence-electron chi connectivity index (χ2n) is 9.23. The van der Waals surface area contributed by atoms with Gasteiger partial charge in [0.2, 0.25) is 0 Å². The van der Waals surface area contributed by atoms with Crippen molar-refractivity contribution >= 4 is 52.2 Å². The molecule has 0 unspecified atom stereocenters. The monoisotopic (exact) mass is 587 g/mol. The van der Waals surface area contributed by atoms with Crippen molar-refractivity contribution in [3.63, 3.8) is 0 Å². The van der Waals surface area contributed by atoms with Crippen LogP contribution in [0.5, 0.6) is 5.75 Å². The summed E-state index contributed by atoms with van der Waals surface area (Å²) >= 11 is 12.9. The third kappa shape index (κ3) is 6.06. The van der Waals surface area contributed by atoms with Gasteiger partial charge in [-0.25, -0.2) is 9.80 Å². The van der Waals surface area contributed by atoms with Crippen molar-refractivity contribution in [3.05, 3.63) is 124 Å². The fraction of sp³-hybridized carbons (Fsp3) is 0.156. The molecule has 41 heavy (non-hydrogen) atoms. The Morgan fingerprint density at radius 3 is 2.27 bits per heavy atom. The van der Waals surface area contributed by atoms with E-state index < -0.39 is 12.1 Å². The van der Waals surface area contributed by atoms with Gasteiger partial charge in [-0.15, -0.1) is 5.10 Å². The van der Waals surface area contributed by atoms with Crippen molar-refractivity contribution in [3.8, 4) is 5.75 Å². The zero-order valence-electron chi connectivity index (χ0n) is 22.5. The number of halogens is 2. The van der Waals surface area contributed by atoms with Crippen LogP contribution in [-0.4, -0.2) is 24.2 Å². The molecule has 1 atom stereocenters. The number of para-hydroxylation sites is 1. The molecule has 0 radical (unpaired) electrons. The molecule has 5 rings (SSSR count). The molecule has 0 bridgehead atoms. The van der Waals surface area contributed by atoms with E-state index in [9.17, 15) is 9.59 Å². The Labute approximate surface area is 248 Å². The van der Waals surface area contributed by atoms with Gasteiger partial charge in [0.15, 0.2) is 17.8 Å². The van der Waals surface area contributed by atoms with Gasteiger partial charge in [-0.1, -0.05) is 59.6 Å². The van der Waals surface area contributed by atoms with E-state index in [1.165, 1.54) is 6.92 Å². The van der Waals surface area contributed by atoms with E-state index in [0.29, 0.717) is 32.6 Å². The van der Waals surface area contributed by atoms with E-state index in [1.807, 2.05) is 65.6 Å². The Hall–Kier alpha value is -4.33. The number of hydrazone groups is 1. The van der Waals surface area contributed by atoms with Crippen molar-refractivity contribution in [1.29, 1.82) is 0 Å². The number of Topliss-reactive ketones (excluding diaryl/α,β-unsaturated/α-hetero) is 1. The molecule has 0 aliphatic carbocycles. The first kappa shape index (κ1) is 28.2. The molecule has 4 aromatic carbocycles. The number of benzene rings is 4. The van der Waals surface area contributed by atoms with Crippen molar-refractivity contribution in [2.75, 3.05) is 16.5 Å². The summed E-state index contributed by atoms with van der Waals surface area (Å²) < 4.78 is 11.5. The van der Waals surface area contributed by atoms with Crippen molar-refractivity contribution < 1.29 is 19.1 Å². The van der Waals surface area contributed by atoms with Crippen LogP contribution < -0.4 is 14.6 Å². The van der Waals surface area contributed by atoms with Gasteiger partial charge in [-0.05, 0) is 67.6 Å². The number of rotatable bonds is 9. The minimum Gasteiger partial charge on any atom is -0.488 e. The zero-order chi connectivity index (χ0) is 28.9. The van der Waals surface area contributed by atoms with E-state index in [0.717, 1.165) is 11.3 Å². The highest BCUT2D eigenvalue weighted by Crippen LogP contribution is 2.43. The van der Waals surface area contributed by atoms with Crippen molar-refractivity contribution in [2.45, 2.75) is 26.6 Å². The molecule has 1 aliphatic rings. The summed E-state index contributed by atoms with van der Waals surface area (Å²) in [5.74, 6) is 0.159. The van der Waals surface area contributed by atoms with Crippen LogP contribution in [0, 0.1) is 0 Å². The molecule has 7 nitrogen and oxygen atoms in total. The van der Waals surface area contributed by atoms with Crippen LogP contribution in [0.4, 0.5) is 11.4 Å². The van der Waals surface area contributed by atoms with Gasteiger partial charge in [0.1, 0.15) is 12.4 Å². The lowest BCUT2D eigenvalue weighted by molar-refractivity contribution is -0.111. The standard InChI is InChI=1S/C32H27Cl2N3O4/c1-3-40-32(39)22-13-16-26(17-14-22)37-31(36(30(35-37)21(2)38)25-10-5-4-6-11-25)27-19-24(33)15-18-29(27)41-20-23-9-7-8-12-28(23)34/h4-19,31H,3,20H2,1-2H3/t31-/m1/s1. The Bertz CT molecular complexity index is 1590. The van der Waals surface area contributed by atoms with Crippen LogP contribution in [0.15, 0.2) is 102 Å². The van der Waals surface area contributed by atoms with Gasteiger partial charge in [0, 0.05) is 33.8 Å². The molecule has 0 aromatic heterocycles. The molecule has 1 heterocycles. The molecule has 0 fully saturated rings. The first-order valence-corrected chi connectivity index (χ1v) is 13.8. The fourth-order valence-corrected chi connectivity index (χ4v) is 4.95. The maximum absolute atomic E-state index is 13.0. The van der Waals surface area contributed by atoms with Crippen molar-refractivity contribution in [2.24, 2.45) is 5.10 Å². The summed E-state index contributed by atoms with van der Waals surface area (Å²) in [7, 11) is 0. The molecule has 0 saturated carbocycles. The number of ketones is 1. The van der Waals surface area contributed by atoms with Gasteiger partial charge in [0.05, 0.1) is 17.9 Å². The highest BCUT2D eigenvalue weighted by molar-refractivity contribution is 6.44. The van der Waals surface area contributed by atoms with Crippen LogP contribution in [0.1, 0.15) is 41.5 Å². The fourth-order valence-electron chi connectivity index (χ4n) is 4.58. The first-order valence-electron chi connectivity index (χ1n) is 13.0. The predicted octanol–water partition coefficient (Wildman–Crippen LogP) is 7.68. The summed E-state index contributed by atoms with van der Waals surface area (Å²) in [5.41, 5.74) is 3.33. The third-order valence-corrected chi connectivity index (χ3v) is 7.09. The number of ether oxygens (including phenoxy) is 2. The molecule has 9 heteroatoms. The number of hydrogen-bond acceptors (Lipinski definition) is 7. The largest absolute Gasteiger partial charge is 0.488 e. The Balaban J connectivity index is 1.62. The van der Waals surface area contributed by atoms with Gasteiger partial charge >= 0.3 is 5.97 Å². The van der Waals surface area contributed by atoms with Crippen LogP contribution in [-0.2, 0) is 16.1 Å². The summed E-state index contributed by atoms with van der Waals surface area (Å²) in [6.07, 6.45) is -0.648. The topological polar surface area (TPSA) is 71.4 Å². The predicted molar refractivity (Wildman–Crippen MR) is 162 cm³/mol. The third-order valence-electron chi connectivity index (χ3n) is 6.49. The number of carbonyl (C=O) groups is 2. The molecular formula is C32H27Cl2N3O4. The number of carbonyl (C=O) groups excluding carboxylic acids is 2. The molecule has 1 aliphatic heterocycles. The average molecular weight is 588 g/mol. The second-order valence-corrected chi connectivity index (χ2v) is 10.1. The highest BCUT2D eigenvalue weighted by Gasteiger charge is 2.41. The number of hydrogen-bond donors (Lipinski definition) is 0. The van der Waals surface area contributed by atoms with Gasteiger partial charge < -0.3 is 9.47 Å². The maximum atomic E-state index is 13.0. The van der Waals surface area contributed by atoms with E-state index >= 15 is 0 Å². The number of anilines is 2. The first-order chi connectivity index (χ1) is 19.9. The lowest BCUT2D eigenvalue weighted by Gasteiger charge is -2.33. The van der Waals surface area contributed by atoms with Crippen molar-refractivity contribution in [1.82, 2.24) is 0 Å². The quantitative estimate of drug-likeness (QED) is 0.187. The van der Waals surface area contributed by atoms with E-state index in [4.69, 9.17) is 37.8 Å². The highest BCUT2D eigenvalue weighted by atomic mass is 35.5. The van der Waals surface area contributed by atoms with Gasteiger partial charge in [-0.2, -0.15) is 0 Å². The molecular weight excluding hydrogens is 561 g/mol. The Morgan fingerprint density at radius 1 is 0.878 bits per heavy atom. The Kier molecular flexibility index (Phi) is 8.57. The minimum absolute atomic E-state index is 0.218. The molecule has 0 spiro atoms. The van der Waals surface area contributed by atoms with E-state index in [2.05, 4.69) is 0 Å². The molecule has 0 saturated heterocycles. The normalized spacial score (nSPS) is 14.5. The number of nitrogens with zero attached hydrogens (tertiary/aromatic N) is 3. The lowest BCUT2D eigenvalue weighted by Crippen LogP contribution is -2.38. The molecule has 4 aromatic rings. The van der Waals surface area contributed by atoms with E-state index in [1.54, 1.807) is 48.3 Å². The summed E-state index contributed by atoms with van der Waals surface area (Å²) in [5, 5.41) is 7.60. The van der Waals surface area contributed by atoms with Crippen LogP contribution in [0.2, 0.25) is 10.0 Å². The molecule has 0 N–H and O–H groups in total. The zero-order valence-corrected chi connectivity index (χ0v) is 24.0.